The summed E-state index contributed by atoms with van der Waals surface area (Å²) in [6.45, 7) is 17.0. The Bertz CT molecular complexity index is 182. The summed E-state index contributed by atoms with van der Waals surface area (Å²) < 4.78 is 6.17. The van der Waals surface area contributed by atoms with E-state index < -0.39 is 8.32 Å². The molecule has 0 N–H and O–H groups in total. The monoisotopic (exact) mass is 243 g/mol. The van der Waals surface area contributed by atoms with Gasteiger partial charge in [-0.3, -0.25) is 0 Å². The number of unbranched alkanes of at least 4 members (excludes halogenated alkanes) is 1. The first-order valence-corrected chi connectivity index (χ1v) is 9.57. The van der Waals surface area contributed by atoms with Gasteiger partial charge in [-0.15, -0.1) is 0 Å². The zero-order chi connectivity index (χ0) is 12.8. The summed E-state index contributed by atoms with van der Waals surface area (Å²) in [5.41, 5.74) is 0. The Labute approximate surface area is 104 Å². The molecule has 0 aliphatic heterocycles. The Kier molecular flexibility index (Phi) is 6.88. The van der Waals surface area contributed by atoms with Gasteiger partial charge in [-0.1, -0.05) is 41.0 Å². The highest BCUT2D eigenvalue weighted by Gasteiger charge is 2.36. The van der Waals surface area contributed by atoms with Crippen molar-refractivity contribution in [2.75, 3.05) is 6.61 Å². The lowest BCUT2D eigenvalue weighted by Crippen LogP contribution is -2.41. The summed E-state index contributed by atoms with van der Waals surface area (Å²) in [5, 5.41) is 0.339. The van der Waals surface area contributed by atoms with Crippen LogP contribution in [0.15, 0.2) is 0 Å². The lowest BCUT2D eigenvalue weighted by molar-refractivity contribution is 0.259. The maximum atomic E-state index is 6.17. The third-order valence-corrected chi connectivity index (χ3v) is 8.28. The molecule has 0 aromatic heterocycles. The maximum absolute atomic E-state index is 6.17. The summed E-state index contributed by atoms with van der Waals surface area (Å²) in [5.74, 6) is 0.768. The number of hydrogen-bond acceptors (Lipinski definition) is 1. The van der Waals surface area contributed by atoms with Crippen molar-refractivity contribution in [2.24, 2.45) is 5.92 Å². The normalized spacial score (nSPS) is 15.2. The Morgan fingerprint density at radius 2 is 1.81 bits per heavy atom. The van der Waals surface area contributed by atoms with E-state index in [0.717, 1.165) is 12.5 Å². The molecule has 0 heterocycles. The fraction of sp³-hybridized carbons (Fsp3) is 0.929. The molecule has 0 fully saturated rings. The van der Waals surface area contributed by atoms with Crippen LogP contribution in [-0.4, -0.2) is 14.9 Å². The molecule has 0 spiro atoms. The smallest absolute Gasteiger partial charge is 0.191 e. The van der Waals surface area contributed by atoms with Crippen LogP contribution in [0.4, 0.5) is 0 Å². The second kappa shape index (κ2) is 6.80. The first-order valence-electron chi connectivity index (χ1n) is 6.66. The van der Waals surface area contributed by atoms with Crippen molar-refractivity contribution in [3.63, 3.8) is 0 Å². The van der Waals surface area contributed by atoms with Crippen LogP contribution in [0.2, 0.25) is 18.1 Å². The molecule has 1 atom stereocenters. The van der Waals surface area contributed by atoms with E-state index >= 15 is 0 Å². The molecule has 0 aliphatic rings. The Balaban J connectivity index is 3.81. The van der Waals surface area contributed by atoms with E-state index in [9.17, 15) is 0 Å². The largest absolute Gasteiger partial charge is 0.417 e. The van der Waals surface area contributed by atoms with Gasteiger partial charge in [0.25, 0.3) is 0 Å². The van der Waals surface area contributed by atoms with E-state index in [1.807, 2.05) is 0 Å². The molecule has 1 radical (unpaired) electrons. The lowest BCUT2D eigenvalue weighted by atomic mass is 10.0. The van der Waals surface area contributed by atoms with E-state index in [2.05, 4.69) is 54.1 Å². The predicted octanol–water partition coefficient (Wildman–Crippen LogP) is 5.04. The summed E-state index contributed by atoms with van der Waals surface area (Å²) >= 11 is 0. The Morgan fingerprint density at radius 3 is 2.25 bits per heavy atom. The zero-order valence-electron chi connectivity index (χ0n) is 12.4. The fourth-order valence-corrected chi connectivity index (χ4v) is 2.36. The first-order chi connectivity index (χ1) is 7.20. The maximum Gasteiger partial charge on any atom is 0.191 e. The molecular formula is C14H31OSi. The molecule has 0 aromatic rings. The summed E-state index contributed by atoms with van der Waals surface area (Å²) in [4.78, 5) is 0. The second-order valence-corrected chi connectivity index (χ2v) is 11.2. The Hall–Kier alpha value is 0.177. The van der Waals surface area contributed by atoms with Gasteiger partial charge < -0.3 is 4.43 Å². The molecule has 0 saturated heterocycles. The van der Waals surface area contributed by atoms with Crippen LogP contribution in [0.5, 0.6) is 0 Å². The van der Waals surface area contributed by atoms with Crippen LogP contribution in [0.1, 0.15) is 53.9 Å². The molecule has 0 amide bonds. The minimum Gasteiger partial charge on any atom is -0.417 e. The number of hydrogen-bond donors (Lipinski definition) is 0. The van der Waals surface area contributed by atoms with E-state index in [-0.39, 0.29) is 0 Å². The van der Waals surface area contributed by atoms with Crippen LogP contribution in [0, 0.1) is 12.3 Å². The van der Waals surface area contributed by atoms with Gasteiger partial charge in [0.1, 0.15) is 0 Å². The molecule has 0 aromatic carbocycles. The van der Waals surface area contributed by atoms with Crippen molar-refractivity contribution in [1.29, 1.82) is 0 Å². The van der Waals surface area contributed by atoms with Gasteiger partial charge in [0.05, 0.1) is 0 Å². The quantitative estimate of drug-likeness (QED) is 0.569. The van der Waals surface area contributed by atoms with Crippen molar-refractivity contribution in [3.05, 3.63) is 6.42 Å². The van der Waals surface area contributed by atoms with Crippen LogP contribution in [0.3, 0.4) is 0 Å². The molecule has 1 nitrogen and oxygen atoms in total. The molecule has 97 valence electrons. The molecule has 0 bridgehead atoms. The molecular weight excluding hydrogens is 212 g/mol. The van der Waals surface area contributed by atoms with E-state index in [4.69, 9.17) is 4.43 Å². The molecule has 1 unspecified atom stereocenters. The highest BCUT2D eigenvalue weighted by molar-refractivity contribution is 6.74. The predicted molar refractivity (Wildman–Crippen MR) is 76.1 cm³/mol. The minimum atomic E-state index is -1.51. The van der Waals surface area contributed by atoms with Crippen LogP contribution in [0.25, 0.3) is 0 Å². The highest BCUT2D eigenvalue weighted by Crippen LogP contribution is 2.36. The van der Waals surface area contributed by atoms with Crippen LogP contribution >= 0.6 is 0 Å². The van der Waals surface area contributed by atoms with Gasteiger partial charge in [-0.25, -0.2) is 0 Å². The van der Waals surface area contributed by atoms with Crippen molar-refractivity contribution < 1.29 is 4.43 Å². The van der Waals surface area contributed by atoms with Crippen molar-refractivity contribution in [2.45, 2.75) is 72.0 Å². The van der Waals surface area contributed by atoms with E-state index in [0.29, 0.717) is 5.04 Å². The average Bonchev–Trinajstić information content (AvgIpc) is 2.12. The van der Waals surface area contributed by atoms with Crippen LogP contribution < -0.4 is 0 Å². The van der Waals surface area contributed by atoms with Crippen molar-refractivity contribution >= 4 is 8.32 Å². The van der Waals surface area contributed by atoms with Gasteiger partial charge in [-0.2, -0.15) is 0 Å². The first kappa shape index (κ1) is 16.2. The molecule has 0 saturated carbocycles. The topological polar surface area (TPSA) is 9.23 Å². The SMILES string of the molecule is CC[CH]CC(C)CCO[Si](C)(C)C(C)(C)C. The summed E-state index contributed by atoms with van der Waals surface area (Å²) in [6.07, 6.45) is 5.99. The second-order valence-electron chi connectivity index (χ2n) is 6.44. The van der Waals surface area contributed by atoms with Crippen LogP contribution in [-0.2, 0) is 4.43 Å². The Morgan fingerprint density at radius 1 is 1.25 bits per heavy atom. The van der Waals surface area contributed by atoms with Crippen molar-refractivity contribution in [1.82, 2.24) is 0 Å². The van der Waals surface area contributed by atoms with Crippen molar-refractivity contribution in [3.8, 4) is 0 Å². The minimum absolute atomic E-state index is 0.339. The zero-order valence-corrected chi connectivity index (χ0v) is 13.4. The fourth-order valence-electron chi connectivity index (χ4n) is 1.30. The van der Waals surface area contributed by atoms with E-state index in [1.54, 1.807) is 0 Å². The standard InChI is InChI=1S/C14H31OSi/c1-8-9-10-13(2)11-12-15-16(6,7)14(3,4)5/h9,13H,8,10-12H2,1-7H3. The van der Waals surface area contributed by atoms with Gasteiger partial charge in [-0.05, 0) is 43.3 Å². The number of rotatable bonds is 7. The van der Waals surface area contributed by atoms with Gasteiger partial charge in [0, 0.05) is 6.61 Å². The van der Waals surface area contributed by atoms with Gasteiger partial charge in [0.15, 0.2) is 8.32 Å². The van der Waals surface area contributed by atoms with Gasteiger partial charge >= 0.3 is 0 Å². The summed E-state index contributed by atoms with van der Waals surface area (Å²) in [7, 11) is -1.51. The lowest BCUT2D eigenvalue weighted by Gasteiger charge is -2.36. The third kappa shape index (κ3) is 6.05. The van der Waals surface area contributed by atoms with Gasteiger partial charge in [0.2, 0.25) is 0 Å². The highest BCUT2D eigenvalue weighted by atomic mass is 28.4. The summed E-state index contributed by atoms with van der Waals surface area (Å²) in [6, 6.07) is 0. The molecule has 0 aliphatic carbocycles. The molecule has 16 heavy (non-hydrogen) atoms. The molecule has 2 heteroatoms. The molecule has 0 rings (SSSR count). The average molecular weight is 243 g/mol. The third-order valence-electron chi connectivity index (χ3n) is 3.74. The van der Waals surface area contributed by atoms with E-state index in [1.165, 1.54) is 19.3 Å².